The number of aliphatic carboxylic acids is 2. The van der Waals surface area contributed by atoms with Gasteiger partial charge in [0.15, 0.2) is 11.5 Å². The quantitative estimate of drug-likeness (QED) is 0.216. The molecule has 1 saturated heterocycles. The molecular weight excluding hydrogens is 628 g/mol. The fourth-order valence-electron chi connectivity index (χ4n) is 6.19. The molecule has 3 aromatic rings. The van der Waals surface area contributed by atoms with Crippen molar-refractivity contribution < 1.29 is 42.8 Å². The van der Waals surface area contributed by atoms with Gasteiger partial charge in [0.1, 0.15) is 11.6 Å². The Kier molecular flexibility index (Phi) is 12.8. The number of methoxy groups -OCH3 is 2. The molecule has 0 radical (unpaired) electrons. The first-order chi connectivity index (χ1) is 22.5. The number of nitrogens with zero attached hydrogens (tertiary/aromatic N) is 1. The number of carboxylic acids is 2. The summed E-state index contributed by atoms with van der Waals surface area (Å²) >= 11 is 1.82. The van der Waals surface area contributed by atoms with Gasteiger partial charge in [-0.1, -0.05) is 24.3 Å². The van der Waals surface area contributed by atoms with Crippen LogP contribution in [0.25, 0.3) is 0 Å². The Morgan fingerprint density at radius 3 is 1.94 bits per heavy atom. The molecule has 2 heterocycles. The average Bonchev–Trinajstić information content (AvgIpc) is 3.07. The molecule has 0 amide bonds. The summed E-state index contributed by atoms with van der Waals surface area (Å²) in [4.78, 5) is 21.6. The number of piperidine rings is 1. The number of rotatable bonds is 11. The maximum atomic E-state index is 13.6. The van der Waals surface area contributed by atoms with Crippen LogP contribution in [-0.4, -0.2) is 73.3 Å². The minimum atomic E-state index is -1.26. The number of carbonyl (C=O) groups is 2. The highest BCUT2D eigenvalue weighted by molar-refractivity contribution is 7.99. The van der Waals surface area contributed by atoms with Crippen molar-refractivity contribution in [1.29, 1.82) is 0 Å². The van der Waals surface area contributed by atoms with Gasteiger partial charge in [-0.2, -0.15) is 0 Å². The fourth-order valence-corrected chi connectivity index (χ4v) is 7.49. The Hall–Kier alpha value is -3.93. The van der Waals surface area contributed by atoms with Crippen LogP contribution in [-0.2, 0) is 26.3 Å². The van der Waals surface area contributed by atoms with Crippen LogP contribution in [0.2, 0.25) is 0 Å². The fraction of sp³-hybridized carbons (Fsp3) is 0.389. The number of thioether (sulfide) groups is 1. The smallest absolute Gasteiger partial charge is 0.328 e. The lowest BCUT2D eigenvalue weighted by molar-refractivity contribution is -0.134. The van der Waals surface area contributed by atoms with Crippen LogP contribution < -0.4 is 9.47 Å². The predicted octanol–water partition coefficient (Wildman–Crippen LogP) is 6.72. The van der Waals surface area contributed by atoms with E-state index in [1.807, 2.05) is 36.0 Å². The maximum absolute atomic E-state index is 13.6. The van der Waals surface area contributed by atoms with Gasteiger partial charge in [-0.25, -0.2) is 18.4 Å². The van der Waals surface area contributed by atoms with Crippen LogP contribution in [0, 0.1) is 17.6 Å². The second-order valence-corrected chi connectivity index (χ2v) is 12.8. The topological polar surface area (TPSA) is 106 Å². The van der Waals surface area contributed by atoms with Crippen LogP contribution in [0.3, 0.4) is 0 Å². The van der Waals surface area contributed by atoms with Gasteiger partial charge >= 0.3 is 11.9 Å². The summed E-state index contributed by atoms with van der Waals surface area (Å²) in [6, 6.07) is 17.5. The van der Waals surface area contributed by atoms with Crippen molar-refractivity contribution in [3.8, 4) is 11.5 Å². The average molecular weight is 670 g/mol. The molecule has 0 aliphatic carbocycles. The monoisotopic (exact) mass is 669 g/mol. The van der Waals surface area contributed by atoms with E-state index in [1.165, 1.54) is 35.4 Å². The molecule has 252 valence electrons. The molecule has 47 heavy (non-hydrogen) atoms. The first-order valence-electron chi connectivity index (χ1n) is 15.4. The molecule has 2 aliphatic heterocycles. The van der Waals surface area contributed by atoms with Crippen molar-refractivity contribution in [3.05, 3.63) is 107 Å². The molecule has 1 atom stereocenters. The van der Waals surface area contributed by atoms with E-state index in [1.54, 1.807) is 14.2 Å². The lowest BCUT2D eigenvalue weighted by Gasteiger charge is -2.45. The van der Waals surface area contributed by atoms with Crippen LogP contribution in [0.4, 0.5) is 8.78 Å². The summed E-state index contributed by atoms with van der Waals surface area (Å²) in [6.45, 7) is 5.96. The molecule has 0 spiro atoms. The van der Waals surface area contributed by atoms with E-state index in [9.17, 15) is 18.4 Å². The van der Waals surface area contributed by atoms with E-state index in [0.717, 1.165) is 67.3 Å². The van der Waals surface area contributed by atoms with Crippen molar-refractivity contribution >= 4 is 23.7 Å². The third kappa shape index (κ3) is 9.56. The van der Waals surface area contributed by atoms with E-state index in [0.29, 0.717) is 24.7 Å². The van der Waals surface area contributed by atoms with E-state index < -0.39 is 11.9 Å². The molecule has 1 unspecified atom stereocenters. The summed E-state index contributed by atoms with van der Waals surface area (Å²) in [5, 5.41) is 15.7. The number of carboxylic acid groups (broad SMARTS) is 2. The molecule has 11 heteroatoms. The largest absolute Gasteiger partial charge is 0.493 e. The normalized spacial score (nSPS) is 18.3. The third-order valence-electron chi connectivity index (χ3n) is 8.69. The summed E-state index contributed by atoms with van der Waals surface area (Å²) in [5.41, 5.74) is 4.22. The number of ether oxygens (including phenoxy) is 3. The lowest BCUT2D eigenvalue weighted by Crippen LogP contribution is -2.46. The second-order valence-electron chi connectivity index (χ2n) is 11.5. The molecule has 2 N–H and O–H groups in total. The number of hydrogen-bond donors (Lipinski definition) is 2. The van der Waals surface area contributed by atoms with Gasteiger partial charge in [0.2, 0.25) is 0 Å². The van der Waals surface area contributed by atoms with E-state index in [4.69, 9.17) is 24.4 Å². The highest BCUT2D eigenvalue weighted by Gasteiger charge is 2.42. The van der Waals surface area contributed by atoms with Gasteiger partial charge in [0.05, 0.1) is 31.7 Å². The number of fused-ring (bicyclic) bond motifs is 1. The van der Waals surface area contributed by atoms with Crippen LogP contribution in [0.1, 0.15) is 47.3 Å². The number of likely N-dealkylation sites (tertiary alicyclic amines) is 1. The van der Waals surface area contributed by atoms with Gasteiger partial charge in [-0.15, -0.1) is 11.8 Å². The summed E-state index contributed by atoms with van der Waals surface area (Å²) in [7, 11) is 3.36. The Morgan fingerprint density at radius 1 is 0.936 bits per heavy atom. The molecule has 2 aliphatic rings. The SMILES string of the molecule is COc1cc2c(cc1OC)C(C)(C1CCN(CCSC(c3ccc(F)cc3)c3ccc(F)cc3)CC1)OCC2.O=C(O)/C=C/C(=O)O. The molecule has 0 aromatic heterocycles. The molecule has 0 bridgehead atoms. The van der Waals surface area contributed by atoms with Crippen molar-refractivity contribution in [2.45, 2.75) is 37.0 Å². The van der Waals surface area contributed by atoms with Crippen molar-refractivity contribution in [2.24, 2.45) is 5.92 Å². The second kappa shape index (κ2) is 16.8. The van der Waals surface area contributed by atoms with Crippen LogP contribution in [0.15, 0.2) is 72.8 Å². The molecule has 3 aromatic carbocycles. The third-order valence-corrected chi connectivity index (χ3v) is 9.99. The minimum absolute atomic E-state index is 0.0294. The maximum Gasteiger partial charge on any atom is 0.328 e. The Balaban J connectivity index is 0.000000555. The minimum Gasteiger partial charge on any atom is -0.493 e. The highest BCUT2D eigenvalue weighted by atomic mass is 32.2. The summed E-state index contributed by atoms with van der Waals surface area (Å²) in [5.74, 6) is -0.144. The Labute approximate surface area is 278 Å². The summed E-state index contributed by atoms with van der Waals surface area (Å²) < 4.78 is 44.8. The van der Waals surface area contributed by atoms with Crippen LogP contribution >= 0.6 is 11.8 Å². The van der Waals surface area contributed by atoms with Gasteiger partial charge in [-0.3, -0.25) is 0 Å². The van der Waals surface area contributed by atoms with Gasteiger partial charge in [-0.05, 0) is 104 Å². The molecule has 0 saturated carbocycles. The Bertz CT molecular complexity index is 1460. The number of benzene rings is 3. The van der Waals surface area contributed by atoms with Crippen molar-refractivity contribution in [1.82, 2.24) is 4.90 Å². The zero-order valence-electron chi connectivity index (χ0n) is 26.8. The number of halogens is 2. The van der Waals surface area contributed by atoms with Gasteiger partial charge in [0, 0.05) is 24.4 Å². The number of hydrogen-bond acceptors (Lipinski definition) is 7. The van der Waals surface area contributed by atoms with E-state index in [2.05, 4.69) is 24.0 Å². The standard InChI is InChI=1S/C32H37F2NO3S.C4H4O4/c1-32(28-21-30(37-3)29(36-2)20-24(28)14-18-38-32)25-12-15-35(16-13-25)17-19-39-31(22-4-8-26(33)9-5-22)23-6-10-27(34)11-7-23;5-3(6)1-2-4(7)8/h4-11,20-21,25,31H,12-19H2,1-3H3;1-2H,(H,5,6)(H,7,8)/b;2-1+. The molecular formula is C36H41F2NO7S. The summed E-state index contributed by atoms with van der Waals surface area (Å²) in [6.07, 6.45) is 4.12. The zero-order chi connectivity index (χ0) is 34.0. The predicted molar refractivity (Wildman–Crippen MR) is 177 cm³/mol. The lowest BCUT2D eigenvalue weighted by atomic mass is 9.74. The van der Waals surface area contributed by atoms with Gasteiger partial charge in [0.25, 0.3) is 0 Å². The molecule has 1 fully saturated rings. The first-order valence-corrected chi connectivity index (χ1v) is 16.5. The van der Waals surface area contributed by atoms with E-state index in [-0.39, 0.29) is 22.5 Å². The molecule has 8 nitrogen and oxygen atoms in total. The van der Waals surface area contributed by atoms with Gasteiger partial charge < -0.3 is 29.3 Å². The highest BCUT2D eigenvalue weighted by Crippen LogP contribution is 2.46. The Morgan fingerprint density at radius 2 is 1.45 bits per heavy atom. The first kappa shape index (κ1) is 35.9. The van der Waals surface area contributed by atoms with Crippen molar-refractivity contribution in [2.75, 3.05) is 46.2 Å². The zero-order valence-corrected chi connectivity index (χ0v) is 27.6. The molecule has 5 rings (SSSR count). The van der Waals surface area contributed by atoms with Crippen molar-refractivity contribution in [3.63, 3.8) is 0 Å². The van der Waals surface area contributed by atoms with Crippen LogP contribution in [0.5, 0.6) is 11.5 Å². The van der Waals surface area contributed by atoms with E-state index >= 15 is 0 Å².